The van der Waals surface area contributed by atoms with Crippen molar-refractivity contribution >= 4 is 5.82 Å². The third-order valence-electron chi connectivity index (χ3n) is 2.80. The van der Waals surface area contributed by atoms with E-state index in [1.807, 2.05) is 10.8 Å². The number of rotatable bonds is 6. The van der Waals surface area contributed by atoms with Crippen molar-refractivity contribution < 1.29 is 13.2 Å². The third-order valence-corrected chi connectivity index (χ3v) is 2.80. The van der Waals surface area contributed by atoms with E-state index in [1.165, 1.54) is 0 Å². The summed E-state index contributed by atoms with van der Waals surface area (Å²) in [5.74, 6) is 0.252. The Morgan fingerprint density at radius 1 is 1.20 bits per heavy atom. The third kappa shape index (κ3) is 4.25. The normalized spacial score (nSPS) is 11.6. The molecule has 4 nitrogen and oxygen atoms in total. The van der Waals surface area contributed by atoms with Gasteiger partial charge in [-0.25, -0.2) is 9.97 Å². The second kappa shape index (κ2) is 6.40. The summed E-state index contributed by atoms with van der Waals surface area (Å²) in [6.45, 7) is 1.43. The Labute approximate surface area is 114 Å². The van der Waals surface area contributed by atoms with E-state index in [0.717, 1.165) is 37.7 Å². The van der Waals surface area contributed by atoms with Gasteiger partial charge in [-0.3, -0.25) is 0 Å². The molecule has 0 aliphatic rings. The van der Waals surface area contributed by atoms with Crippen LogP contribution in [-0.2, 0) is 12.7 Å². The minimum atomic E-state index is -4.33. The van der Waals surface area contributed by atoms with Gasteiger partial charge in [0.15, 0.2) is 0 Å². The number of aromatic nitrogens is 3. The molecule has 2 rings (SSSR count). The minimum Gasteiger partial charge on any atom is -0.370 e. The largest absolute Gasteiger partial charge is 0.416 e. The number of alkyl halides is 3. The molecule has 0 aliphatic heterocycles. The molecule has 0 atom stereocenters. The van der Waals surface area contributed by atoms with Crippen molar-refractivity contribution in [3.05, 3.63) is 42.6 Å². The number of hydrogen-bond donors (Lipinski definition) is 1. The molecule has 0 saturated carbocycles. The second-order valence-electron chi connectivity index (χ2n) is 4.36. The molecular weight excluding hydrogens is 269 g/mol. The zero-order valence-electron chi connectivity index (χ0n) is 10.8. The first kappa shape index (κ1) is 14.4. The lowest BCUT2D eigenvalue weighted by Crippen LogP contribution is -2.09. The lowest BCUT2D eigenvalue weighted by Gasteiger charge is -2.09. The van der Waals surface area contributed by atoms with Crippen LogP contribution in [0.1, 0.15) is 18.4 Å². The number of anilines is 1. The summed E-state index contributed by atoms with van der Waals surface area (Å²) >= 11 is 0. The van der Waals surface area contributed by atoms with Crippen molar-refractivity contribution in [3.63, 3.8) is 0 Å². The van der Waals surface area contributed by atoms with E-state index in [-0.39, 0.29) is 5.82 Å². The van der Waals surface area contributed by atoms with Gasteiger partial charge in [-0.2, -0.15) is 13.2 Å². The highest BCUT2D eigenvalue weighted by Gasteiger charge is 2.30. The molecule has 0 spiro atoms. The average Bonchev–Trinajstić information content (AvgIpc) is 2.91. The SMILES string of the molecule is FC(F)(F)c1ccnc(NCCCCn2ccnc2)c1. The second-order valence-corrected chi connectivity index (χ2v) is 4.36. The number of nitrogens with zero attached hydrogens (tertiary/aromatic N) is 3. The maximum atomic E-state index is 12.5. The smallest absolute Gasteiger partial charge is 0.370 e. The first-order valence-corrected chi connectivity index (χ1v) is 6.28. The van der Waals surface area contributed by atoms with Crippen LogP contribution < -0.4 is 5.32 Å². The molecule has 2 heterocycles. The lowest BCUT2D eigenvalue weighted by molar-refractivity contribution is -0.137. The van der Waals surface area contributed by atoms with Gasteiger partial charge in [-0.15, -0.1) is 0 Å². The summed E-state index contributed by atoms with van der Waals surface area (Å²) in [6, 6.07) is 1.99. The van der Waals surface area contributed by atoms with Crippen LogP contribution in [0.4, 0.5) is 19.0 Å². The fourth-order valence-electron chi connectivity index (χ4n) is 1.76. The van der Waals surface area contributed by atoms with Crippen LogP contribution in [0.15, 0.2) is 37.1 Å². The van der Waals surface area contributed by atoms with Crippen molar-refractivity contribution in [3.8, 4) is 0 Å². The van der Waals surface area contributed by atoms with Gasteiger partial charge in [0, 0.05) is 31.7 Å². The van der Waals surface area contributed by atoms with Gasteiger partial charge in [0.25, 0.3) is 0 Å². The zero-order chi connectivity index (χ0) is 14.4. The van der Waals surface area contributed by atoms with Crippen molar-refractivity contribution in [1.29, 1.82) is 0 Å². The number of unbranched alkanes of at least 4 members (excludes halogenated alkanes) is 1. The maximum Gasteiger partial charge on any atom is 0.416 e. The van der Waals surface area contributed by atoms with Crippen molar-refractivity contribution in [2.45, 2.75) is 25.6 Å². The van der Waals surface area contributed by atoms with Crippen molar-refractivity contribution in [1.82, 2.24) is 14.5 Å². The summed E-state index contributed by atoms with van der Waals surface area (Å²) in [4.78, 5) is 7.81. The topological polar surface area (TPSA) is 42.7 Å². The van der Waals surface area contributed by atoms with Crippen LogP contribution >= 0.6 is 0 Å². The molecule has 0 fully saturated rings. The van der Waals surface area contributed by atoms with Crippen LogP contribution in [0.3, 0.4) is 0 Å². The lowest BCUT2D eigenvalue weighted by atomic mass is 10.2. The van der Waals surface area contributed by atoms with Crippen LogP contribution in [-0.4, -0.2) is 21.1 Å². The quantitative estimate of drug-likeness (QED) is 0.828. The Kier molecular flexibility index (Phi) is 4.60. The fraction of sp³-hybridized carbons (Fsp3) is 0.385. The van der Waals surface area contributed by atoms with Crippen LogP contribution in [0, 0.1) is 0 Å². The van der Waals surface area contributed by atoms with Crippen LogP contribution in [0.5, 0.6) is 0 Å². The number of imidazole rings is 1. The Balaban J connectivity index is 1.74. The maximum absolute atomic E-state index is 12.5. The number of halogens is 3. The molecule has 0 aliphatic carbocycles. The molecular formula is C13H15F3N4. The molecule has 0 radical (unpaired) electrons. The summed E-state index contributed by atoms with van der Waals surface area (Å²) < 4.78 is 39.5. The van der Waals surface area contributed by atoms with E-state index < -0.39 is 11.7 Å². The summed E-state index contributed by atoms with van der Waals surface area (Å²) in [5, 5.41) is 2.90. The summed E-state index contributed by atoms with van der Waals surface area (Å²) in [5.41, 5.74) is -0.687. The predicted octanol–water partition coefficient (Wildman–Crippen LogP) is 3.19. The first-order chi connectivity index (χ1) is 9.55. The highest BCUT2D eigenvalue weighted by molar-refractivity contribution is 5.38. The Morgan fingerprint density at radius 2 is 2.05 bits per heavy atom. The molecule has 0 bridgehead atoms. The summed E-state index contributed by atoms with van der Waals surface area (Å²) in [7, 11) is 0. The summed E-state index contributed by atoms with van der Waals surface area (Å²) in [6.07, 6.45) is 3.92. The molecule has 2 aromatic heterocycles. The molecule has 0 amide bonds. The monoisotopic (exact) mass is 284 g/mol. The van der Waals surface area contributed by atoms with Gasteiger partial charge in [-0.1, -0.05) is 0 Å². The highest BCUT2D eigenvalue weighted by Crippen LogP contribution is 2.29. The van der Waals surface area contributed by atoms with E-state index in [2.05, 4.69) is 15.3 Å². The van der Waals surface area contributed by atoms with Gasteiger partial charge in [0.1, 0.15) is 5.82 Å². The molecule has 20 heavy (non-hydrogen) atoms. The van der Waals surface area contributed by atoms with Gasteiger partial charge in [0.05, 0.1) is 11.9 Å². The zero-order valence-corrected chi connectivity index (χ0v) is 10.8. The number of nitrogens with one attached hydrogen (secondary N) is 1. The van der Waals surface area contributed by atoms with E-state index in [0.29, 0.717) is 6.54 Å². The van der Waals surface area contributed by atoms with Crippen LogP contribution in [0.2, 0.25) is 0 Å². The Hall–Kier alpha value is -2.05. The van der Waals surface area contributed by atoms with Gasteiger partial charge in [-0.05, 0) is 25.0 Å². The van der Waals surface area contributed by atoms with Crippen LogP contribution in [0.25, 0.3) is 0 Å². The van der Waals surface area contributed by atoms with E-state index in [1.54, 1.807) is 12.5 Å². The van der Waals surface area contributed by atoms with E-state index in [4.69, 9.17) is 0 Å². The first-order valence-electron chi connectivity index (χ1n) is 6.28. The molecule has 0 aromatic carbocycles. The van der Waals surface area contributed by atoms with E-state index in [9.17, 15) is 13.2 Å². The average molecular weight is 284 g/mol. The Morgan fingerprint density at radius 3 is 2.75 bits per heavy atom. The van der Waals surface area contributed by atoms with E-state index >= 15 is 0 Å². The standard InChI is InChI=1S/C13H15F3N4/c14-13(15,16)11-3-5-19-12(9-11)18-4-1-2-7-20-8-6-17-10-20/h3,5-6,8-10H,1-2,4,7H2,(H,18,19). The number of aryl methyl sites for hydroxylation is 1. The molecule has 1 N–H and O–H groups in total. The van der Waals surface area contributed by atoms with Gasteiger partial charge in [0.2, 0.25) is 0 Å². The van der Waals surface area contributed by atoms with Crippen molar-refractivity contribution in [2.75, 3.05) is 11.9 Å². The number of hydrogen-bond acceptors (Lipinski definition) is 3. The van der Waals surface area contributed by atoms with Gasteiger partial charge >= 0.3 is 6.18 Å². The predicted molar refractivity (Wildman–Crippen MR) is 69.2 cm³/mol. The number of pyridine rings is 1. The fourth-order valence-corrected chi connectivity index (χ4v) is 1.76. The molecule has 0 saturated heterocycles. The molecule has 108 valence electrons. The van der Waals surface area contributed by atoms with Crippen molar-refractivity contribution in [2.24, 2.45) is 0 Å². The highest BCUT2D eigenvalue weighted by atomic mass is 19.4. The molecule has 2 aromatic rings. The molecule has 7 heteroatoms. The Bertz CT molecular complexity index is 523. The van der Waals surface area contributed by atoms with Gasteiger partial charge < -0.3 is 9.88 Å². The minimum absolute atomic E-state index is 0.252. The molecule has 0 unspecified atom stereocenters.